The lowest BCUT2D eigenvalue weighted by Crippen LogP contribution is -1.94. The van der Waals surface area contributed by atoms with Gasteiger partial charge in [0.05, 0.1) is 11.6 Å². The second-order valence-electron chi connectivity index (χ2n) is 5.94. The zero-order valence-corrected chi connectivity index (χ0v) is 13.8. The summed E-state index contributed by atoms with van der Waals surface area (Å²) < 4.78 is 6.03. The molecular weight excluding hydrogens is 324 g/mol. The van der Waals surface area contributed by atoms with Crippen LogP contribution in [-0.4, -0.2) is 16.2 Å². The molecule has 5 rings (SSSR count). The molecule has 0 atom stereocenters. The average Bonchev–Trinajstić information content (AvgIpc) is 3.09. The van der Waals surface area contributed by atoms with Crippen molar-refractivity contribution in [3.63, 3.8) is 0 Å². The molecule has 0 saturated heterocycles. The molecule has 0 aliphatic rings. The van der Waals surface area contributed by atoms with E-state index in [2.05, 4.69) is 32.6 Å². The fraction of sp³-hybridized carbons (Fsp3) is 0. The van der Waals surface area contributed by atoms with Crippen LogP contribution in [0.3, 0.4) is 0 Å². The standard InChI is InChI=1S/C21H14N4O/c1-2-6-14(7-3-1)12-24-25-21-20-19(22-13-23-21)18-16-9-5-4-8-15(16)10-11-17(18)26-20/h1-13H,(H,22,23,25)/b24-12+. The van der Waals surface area contributed by atoms with E-state index in [1.165, 1.54) is 6.33 Å². The van der Waals surface area contributed by atoms with E-state index >= 15 is 0 Å². The number of aromatic nitrogens is 2. The van der Waals surface area contributed by atoms with Gasteiger partial charge in [0.25, 0.3) is 0 Å². The van der Waals surface area contributed by atoms with Crippen molar-refractivity contribution in [1.82, 2.24) is 9.97 Å². The van der Waals surface area contributed by atoms with Crippen LogP contribution in [0.1, 0.15) is 5.56 Å². The van der Waals surface area contributed by atoms with Crippen molar-refractivity contribution in [2.75, 3.05) is 5.43 Å². The van der Waals surface area contributed by atoms with Gasteiger partial charge in [-0.2, -0.15) is 5.10 Å². The van der Waals surface area contributed by atoms with Gasteiger partial charge in [0.2, 0.25) is 0 Å². The number of benzene rings is 3. The fourth-order valence-corrected chi connectivity index (χ4v) is 3.13. The SMILES string of the molecule is C(=N\Nc1ncnc2c1oc1ccc3ccccc3c12)/c1ccccc1. The van der Waals surface area contributed by atoms with E-state index in [0.717, 1.165) is 32.8 Å². The van der Waals surface area contributed by atoms with E-state index in [-0.39, 0.29) is 0 Å². The Hall–Kier alpha value is -3.73. The van der Waals surface area contributed by atoms with Gasteiger partial charge in [0.1, 0.15) is 17.4 Å². The minimum Gasteiger partial charge on any atom is -0.450 e. The quantitative estimate of drug-likeness (QED) is 0.372. The molecule has 2 heterocycles. The highest BCUT2D eigenvalue weighted by Crippen LogP contribution is 2.35. The molecular formula is C21H14N4O. The maximum absolute atomic E-state index is 6.03. The number of nitrogens with zero attached hydrogens (tertiary/aromatic N) is 3. The lowest BCUT2D eigenvalue weighted by atomic mass is 10.1. The third-order valence-electron chi connectivity index (χ3n) is 4.33. The lowest BCUT2D eigenvalue weighted by Gasteiger charge is -1.99. The maximum Gasteiger partial charge on any atom is 0.197 e. The molecule has 3 aromatic carbocycles. The van der Waals surface area contributed by atoms with Crippen LogP contribution in [0.15, 0.2) is 82.6 Å². The first-order valence-electron chi connectivity index (χ1n) is 8.29. The van der Waals surface area contributed by atoms with Crippen molar-refractivity contribution in [1.29, 1.82) is 0 Å². The van der Waals surface area contributed by atoms with Crippen molar-refractivity contribution >= 4 is 44.9 Å². The van der Waals surface area contributed by atoms with E-state index in [4.69, 9.17) is 4.42 Å². The summed E-state index contributed by atoms with van der Waals surface area (Å²) in [6.45, 7) is 0. The molecule has 0 amide bonds. The highest BCUT2D eigenvalue weighted by Gasteiger charge is 2.15. The van der Waals surface area contributed by atoms with Crippen LogP contribution in [0.5, 0.6) is 0 Å². The molecule has 0 aliphatic heterocycles. The van der Waals surface area contributed by atoms with Crippen LogP contribution < -0.4 is 5.43 Å². The second-order valence-corrected chi connectivity index (χ2v) is 5.94. The van der Waals surface area contributed by atoms with Crippen LogP contribution in [0, 0.1) is 0 Å². The summed E-state index contributed by atoms with van der Waals surface area (Å²) in [4.78, 5) is 8.73. The summed E-state index contributed by atoms with van der Waals surface area (Å²) >= 11 is 0. The van der Waals surface area contributed by atoms with Gasteiger partial charge >= 0.3 is 0 Å². The van der Waals surface area contributed by atoms with E-state index in [1.54, 1.807) is 6.21 Å². The molecule has 0 bridgehead atoms. The highest BCUT2D eigenvalue weighted by atomic mass is 16.3. The summed E-state index contributed by atoms with van der Waals surface area (Å²) in [7, 11) is 0. The number of rotatable bonds is 3. The Kier molecular flexibility index (Phi) is 3.35. The van der Waals surface area contributed by atoms with Crippen molar-refractivity contribution in [2.45, 2.75) is 0 Å². The number of nitrogens with one attached hydrogen (secondary N) is 1. The van der Waals surface area contributed by atoms with Crippen LogP contribution in [0.25, 0.3) is 32.8 Å². The molecule has 26 heavy (non-hydrogen) atoms. The predicted octanol–water partition coefficient (Wildman–Crippen LogP) is 4.98. The van der Waals surface area contributed by atoms with E-state index in [9.17, 15) is 0 Å². The Morgan fingerprint density at radius 1 is 0.885 bits per heavy atom. The normalized spacial score (nSPS) is 11.7. The first-order chi connectivity index (χ1) is 12.9. The van der Waals surface area contributed by atoms with Crippen LogP contribution in [0.2, 0.25) is 0 Å². The molecule has 0 radical (unpaired) electrons. The Labute approximate surface area is 149 Å². The first kappa shape index (κ1) is 14.6. The van der Waals surface area contributed by atoms with Crippen LogP contribution in [0.4, 0.5) is 5.82 Å². The number of hydrogen-bond donors (Lipinski definition) is 1. The predicted molar refractivity (Wildman–Crippen MR) is 104 cm³/mol. The molecule has 0 unspecified atom stereocenters. The van der Waals surface area contributed by atoms with Gasteiger partial charge in [-0.05, 0) is 22.4 Å². The first-order valence-corrected chi connectivity index (χ1v) is 8.29. The smallest absolute Gasteiger partial charge is 0.197 e. The molecule has 1 N–H and O–H groups in total. The van der Waals surface area contributed by atoms with E-state index in [1.807, 2.05) is 54.6 Å². The fourth-order valence-electron chi connectivity index (χ4n) is 3.13. The largest absolute Gasteiger partial charge is 0.450 e. The van der Waals surface area contributed by atoms with E-state index in [0.29, 0.717) is 11.4 Å². The zero-order valence-electron chi connectivity index (χ0n) is 13.8. The average molecular weight is 338 g/mol. The summed E-state index contributed by atoms with van der Waals surface area (Å²) in [5.41, 5.74) is 6.14. The molecule has 5 nitrogen and oxygen atoms in total. The van der Waals surface area contributed by atoms with Gasteiger partial charge in [-0.25, -0.2) is 9.97 Å². The van der Waals surface area contributed by atoms with Gasteiger partial charge in [0, 0.05) is 0 Å². The van der Waals surface area contributed by atoms with Gasteiger partial charge in [-0.1, -0.05) is 60.7 Å². The molecule has 0 saturated carbocycles. The van der Waals surface area contributed by atoms with Crippen molar-refractivity contribution in [3.8, 4) is 0 Å². The number of hydrazone groups is 1. The minimum atomic E-state index is 0.544. The monoisotopic (exact) mass is 338 g/mol. The van der Waals surface area contributed by atoms with Crippen molar-refractivity contribution < 1.29 is 4.42 Å². The van der Waals surface area contributed by atoms with E-state index < -0.39 is 0 Å². The minimum absolute atomic E-state index is 0.544. The summed E-state index contributed by atoms with van der Waals surface area (Å²) in [6, 6.07) is 22.1. The summed E-state index contributed by atoms with van der Waals surface area (Å²) in [5.74, 6) is 0.544. The molecule has 124 valence electrons. The summed E-state index contributed by atoms with van der Waals surface area (Å²) in [6.07, 6.45) is 3.27. The van der Waals surface area contributed by atoms with Crippen molar-refractivity contribution in [2.24, 2.45) is 5.10 Å². The molecule has 2 aromatic heterocycles. The van der Waals surface area contributed by atoms with Gasteiger partial charge in [-0.3, -0.25) is 5.43 Å². The Balaban J connectivity index is 1.63. The van der Waals surface area contributed by atoms with Crippen LogP contribution in [-0.2, 0) is 0 Å². The number of fused-ring (bicyclic) bond motifs is 5. The van der Waals surface area contributed by atoms with Gasteiger partial charge in [-0.15, -0.1) is 0 Å². The molecule has 5 heteroatoms. The Morgan fingerprint density at radius 2 is 1.73 bits per heavy atom. The maximum atomic E-state index is 6.03. The second kappa shape index (κ2) is 5.97. The molecule has 0 fully saturated rings. The third-order valence-corrected chi connectivity index (χ3v) is 4.33. The molecule has 5 aromatic rings. The van der Waals surface area contributed by atoms with Crippen molar-refractivity contribution in [3.05, 3.63) is 78.6 Å². The highest BCUT2D eigenvalue weighted by molar-refractivity contribution is 6.18. The summed E-state index contributed by atoms with van der Waals surface area (Å²) in [5, 5.41) is 7.53. The molecule has 0 aliphatic carbocycles. The Bertz CT molecular complexity index is 1260. The lowest BCUT2D eigenvalue weighted by molar-refractivity contribution is 0.667. The van der Waals surface area contributed by atoms with Gasteiger partial charge in [0.15, 0.2) is 11.4 Å². The molecule has 0 spiro atoms. The third kappa shape index (κ3) is 2.38. The Morgan fingerprint density at radius 3 is 2.65 bits per heavy atom. The zero-order chi connectivity index (χ0) is 17.3. The topological polar surface area (TPSA) is 63.3 Å². The van der Waals surface area contributed by atoms with Crippen LogP contribution >= 0.6 is 0 Å². The number of anilines is 1. The number of furan rings is 1. The van der Waals surface area contributed by atoms with Gasteiger partial charge < -0.3 is 4.42 Å². The number of hydrogen-bond acceptors (Lipinski definition) is 5.